The Kier molecular flexibility index (Phi) is 3.34. The van der Waals surface area contributed by atoms with Gasteiger partial charge in [-0.05, 0) is 27.2 Å². The van der Waals surface area contributed by atoms with E-state index in [1.807, 2.05) is 27.7 Å². The van der Waals surface area contributed by atoms with E-state index in [-0.39, 0.29) is 17.8 Å². The minimum Gasteiger partial charge on any atom is -0.388 e. The maximum Gasteiger partial charge on any atom is 0.346 e. The first-order valence-electron chi connectivity index (χ1n) is 5.22. The second kappa shape index (κ2) is 4.18. The van der Waals surface area contributed by atoms with E-state index in [4.69, 9.17) is 5.11 Å². The van der Waals surface area contributed by atoms with Crippen molar-refractivity contribution in [3.8, 4) is 0 Å². The number of aromatic nitrogens is 3. The van der Waals surface area contributed by atoms with Gasteiger partial charge in [0.1, 0.15) is 6.61 Å². The van der Waals surface area contributed by atoms with E-state index in [2.05, 4.69) is 5.10 Å². The predicted octanol–water partition coefficient (Wildman–Crippen LogP) is 0.702. The highest BCUT2D eigenvalue weighted by atomic mass is 16.3. The van der Waals surface area contributed by atoms with Gasteiger partial charge in [-0.25, -0.2) is 9.48 Å². The Bertz CT molecular complexity index is 384. The Balaban J connectivity index is 3.28. The monoisotopic (exact) mass is 213 g/mol. The lowest BCUT2D eigenvalue weighted by molar-refractivity contribution is 0.261. The van der Waals surface area contributed by atoms with Gasteiger partial charge in [-0.2, -0.15) is 5.10 Å². The third-order valence-electron chi connectivity index (χ3n) is 2.16. The van der Waals surface area contributed by atoms with Crippen molar-refractivity contribution < 1.29 is 5.11 Å². The van der Waals surface area contributed by atoms with Crippen molar-refractivity contribution in [2.45, 2.75) is 52.8 Å². The first-order chi connectivity index (χ1) is 6.91. The molecule has 5 nitrogen and oxygen atoms in total. The maximum absolute atomic E-state index is 11.9. The van der Waals surface area contributed by atoms with Crippen molar-refractivity contribution in [2.24, 2.45) is 0 Å². The summed E-state index contributed by atoms with van der Waals surface area (Å²) in [7, 11) is 0. The highest BCUT2D eigenvalue weighted by Gasteiger charge is 2.21. The molecule has 15 heavy (non-hydrogen) atoms. The zero-order valence-electron chi connectivity index (χ0n) is 9.82. The second-order valence-corrected chi connectivity index (χ2v) is 4.59. The number of hydrogen-bond acceptors (Lipinski definition) is 3. The summed E-state index contributed by atoms with van der Waals surface area (Å²) in [5.74, 6) is 0.441. The van der Waals surface area contributed by atoms with Crippen molar-refractivity contribution in [3.05, 3.63) is 16.3 Å². The normalized spacial score (nSPS) is 12.1. The summed E-state index contributed by atoms with van der Waals surface area (Å²) in [4.78, 5) is 11.9. The van der Waals surface area contributed by atoms with Crippen LogP contribution in [0.1, 0.15) is 39.9 Å². The molecule has 1 aromatic heterocycles. The molecule has 0 saturated carbocycles. The van der Waals surface area contributed by atoms with Crippen LogP contribution < -0.4 is 5.69 Å². The molecular weight excluding hydrogens is 194 g/mol. The zero-order valence-corrected chi connectivity index (χ0v) is 9.82. The molecule has 0 spiro atoms. The Hall–Kier alpha value is -1.10. The average molecular weight is 213 g/mol. The van der Waals surface area contributed by atoms with E-state index in [1.54, 1.807) is 0 Å². The highest BCUT2D eigenvalue weighted by molar-refractivity contribution is 4.88. The summed E-state index contributed by atoms with van der Waals surface area (Å²) in [5, 5.41) is 13.2. The minimum atomic E-state index is -0.347. The van der Waals surface area contributed by atoms with E-state index in [0.717, 1.165) is 6.42 Å². The number of hydrogen-bond donors (Lipinski definition) is 1. The van der Waals surface area contributed by atoms with Crippen LogP contribution in [0.5, 0.6) is 0 Å². The average Bonchev–Trinajstić information content (AvgIpc) is 2.44. The van der Waals surface area contributed by atoms with Gasteiger partial charge in [-0.15, -0.1) is 0 Å². The summed E-state index contributed by atoms with van der Waals surface area (Å²) in [5.41, 5.74) is -0.492. The molecule has 0 amide bonds. The fraction of sp³-hybridized carbons (Fsp3) is 0.800. The van der Waals surface area contributed by atoms with Crippen molar-refractivity contribution in [1.82, 2.24) is 14.3 Å². The molecule has 1 heterocycles. The van der Waals surface area contributed by atoms with E-state index in [1.165, 1.54) is 9.25 Å². The lowest BCUT2D eigenvalue weighted by Crippen LogP contribution is -2.35. The van der Waals surface area contributed by atoms with Crippen LogP contribution in [0.2, 0.25) is 0 Å². The van der Waals surface area contributed by atoms with E-state index < -0.39 is 0 Å². The van der Waals surface area contributed by atoms with E-state index in [9.17, 15) is 4.79 Å². The van der Waals surface area contributed by atoms with Crippen LogP contribution in [0.15, 0.2) is 4.79 Å². The van der Waals surface area contributed by atoms with Crippen molar-refractivity contribution in [3.63, 3.8) is 0 Å². The van der Waals surface area contributed by atoms with Gasteiger partial charge >= 0.3 is 5.69 Å². The molecule has 1 N–H and O–H groups in total. The zero-order chi connectivity index (χ0) is 11.6. The fourth-order valence-corrected chi connectivity index (χ4v) is 1.44. The number of aliphatic hydroxyl groups excluding tert-OH is 1. The molecule has 0 aliphatic rings. The van der Waals surface area contributed by atoms with Crippen molar-refractivity contribution in [2.75, 3.05) is 0 Å². The van der Waals surface area contributed by atoms with E-state index in [0.29, 0.717) is 12.4 Å². The van der Waals surface area contributed by atoms with Gasteiger partial charge in [0, 0.05) is 6.54 Å². The smallest absolute Gasteiger partial charge is 0.346 e. The quantitative estimate of drug-likeness (QED) is 0.804. The minimum absolute atomic E-state index is 0.145. The standard InChI is InChI=1S/C10H19N3O2/c1-5-6-12-8(7-14)11-13(9(12)15)10(2,3)4/h14H,5-7H2,1-4H3. The molecule has 1 aromatic rings. The number of aliphatic hydroxyl groups is 1. The molecular formula is C10H19N3O2. The topological polar surface area (TPSA) is 60.0 Å². The molecule has 0 aliphatic carbocycles. The molecule has 0 aromatic carbocycles. The third-order valence-corrected chi connectivity index (χ3v) is 2.16. The SMILES string of the molecule is CCCn1c(CO)nn(C(C)(C)C)c1=O. The van der Waals surface area contributed by atoms with Crippen LogP contribution in [0.3, 0.4) is 0 Å². The van der Waals surface area contributed by atoms with Crippen LogP contribution in [0.4, 0.5) is 0 Å². The molecule has 86 valence electrons. The molecule has 0 radical (unpaired) electrons. The largest absolute Gasteiger partial charge is 0.388 e. The summed E-state index contributed by atoms with van der Waals surface area (Å²) in [6.45, 7) is 8.14. The molecule has 0 unspecified atom stereocenters. The fourth-order valence-electron chi connectivity index (χ4n) is 1.44. The number of nitrogens with zero attached hydrogens (tertiary/aromatic N) is 3. The predicted molar refractivity (Wildman–Crippen MR) is 57.7 cm³/mol. The summed E-state index contributed by atoms with van der Waals surface area (Å²) in [6.07, 6.45) is 0.850. The second-order valence-electron chi connectivity index (χ2n) is 4.59. The maximum atomic E-state index is 11.9. The molecule has 0 atom stereocenters. The molecule has 5 heteroatoms. The first-order valence-corrected chi connectivity index (χ1v) is 5.22. The summed E-state index contributed by atoms with van der Waals surface area (Å²) < 4.78 is 2.96. The summed E-state index contributed by atoms with van der Waals surface area (Å²) >= 11 is 0. The van der Waals surface area contributed by atoms with Gasteiger partial charge in [0.25, 0.3) is 0 Å². The Morgan fingerprint density at radius 1 is 1.40 bits per heavy atom. The Labute approximate surface area is 89.3 Å². The van der Waals surface area contributed by atoms with Crippen molar-refractivity contribution in [1.29, 1.82) is 0 Å². The lowest BCUT2D eigenvalue weighted by Gasteiger charge is -2.16. The van der Waals surface area contributed by atoms with Crippen LogP contribution in [-0.2, 0) is 18.7 Å². The van der Waals surface area contributed by atoms with Crippen LogP contribution in [-0.4, -0.2) is 19.5 Å². The highest BCUT2D eigenvalue weighted by Crippen LogP contribution is 2.09. The Morgan fingerprint density at radius 3 is 2.40 bits per heavy atom. The van der Waals surface area contributed by atoms with Gasteiger partial charge in [0.05, 0.1) is 5.54 Å². The van der Waals surface area contributed by atoms with Gasteiger partial charge < -0.3 is 5.11 Å². The van der Waals surface area contributed by atoms with Crippen LogP contribution in [0.25, 0.3) is 0 Å². The Morgan fingerprint density at radius 2 is 2.00 bits per heavy atom. The molecule has 0 saturated heterocycles. The van der Waals surface area contributed by atoms with Gasteiger partial charge in [0.15, 0.2) is 5.82 Å². The molecule has 0 fully saturated rings. The summed E-state index contributed by atoms with van der Waals surface area (Å²) in [6, 6.07) is 0. The van der Waals surface area contributed by atoms with Crippen LogP contribution in [0, 0.1) is 0 Å². The van der Waals surface area contributed by atoms with Crippen molar-refractivity contribution >= 4 is 0 Å². The molecule has 0 bridgehead atoms. The van der Waals surface area contributed by atoms with Gasteiger partial charge in [0.2, 0.25) is 0 Å². The molecule has 0 aliphatic heterocycles. The van der Waals surface area contributed by atoms with Gasteiger partial charge in [-0.1, -0.05) is 6.92 Å². The van der Waals surface area contributed by atoms with Gasteiger partial charge in [-0.3, -0.25) is 4.57 Å². The third kappa shape index (κ3) is 2.28. The lowest BCUT2D eigenvalue weighted by atomic mass is 10.1. The number of rotatable bonds is 3. The van der Waals surface area contributed by atoms with E-state index >= 15 is 0 Å². The van der Waals surface area contributed by atoms with Crippen LogP contribution >= 0.6 is 0 Å². The first kappa shape index (κ1) is 12.0. The molecule has 1 rings (SSSR count).